The Morgan fingerprint density at radius 3 is 2.75 bits per heavy atom. The first kappa shape index (κ1) is 17.7. The molecule has 2 aromatic rings. The highest BCUT2D eigenvalue weighted by Gasteiger charge is 2.26. The summed E-state index contributed by atoms with van der Waals surface area (Å²) in [4.78, 5) is 23.8. The van der Waals surface area contributed by atoms with Crippen LogP contribution in [-0.4, -0.2) is 28.8 Å². The molecule has 0 saturated carbocycles. The van der Waals surface area contributed by atoms with Crippen molar-refractivity contribution in [3.05, 3.63) is 41.0 Å². The molecule has 24 heavy (non-hydrogen) atoms. The Labute approximate surface area is 146 Å². The predicted octanol–water partition coefficient (Wildman–Crippen LogP) is 3.04. The molecule has 0 aromatic carbocycles. The van der Waals surface area contributed by atoms with Crippen LogP contribution in [0.5, 0.6) is 0 Å². The normalized spacial score (nSPS) is 16.8. The molecule has 0 saturated heterocycles. The van der Waals surface area contributed by atoms with Crippen LogP contribution in [0.3, 0.4) is 0 Å². The Morgan fingerprint density at radius 1 is 1.38 bits per heavy atom. The lowest BCUT2D eigenvalue weighted by molar-refractivity contribution is -0.127. The number of rotatable bonds is 2. The van der Waals surface area contributed by atoms with Crippen molar-refractivity contribution in [2.75, 3.05) is 7.05 Å². The van der Waals surface area contributed by atoms with Crippen LogP contribution in [0.1, 0.15) is 36.8 Å². The lowest BCUT2D eigenvalue weighted by Crippen LogP contribution is -2.42. The molecule has 0 fully saturated rings. The Bertz CT molecular complexity index is 803. The third-order valence-corrected chi connectivity index (χ3v) is 4.62. The Kier molecular flexibility index (Phi) is 5.72. The lowest BCUT2D eigenvalue weighted by atomic mass is 10.0. The molecule has 2 N–H and O–H groups in total. The second-order valence-corrected chi connectivity index (χ2v) is 6.06. The molecule has 1 amide bonds. The molecule has 0 radical (unpaired) electrons. The molecule has 1 aliphatic heterocycles. The van der Waals surface area contributed by atoms with Crippen LogP contribution in [0.25, 0.3) is 10.4 Å². The summed E-state index contributed by atoms with van der Waals surface area (Å²) in [7, 11) is 1.62. The maximum absolute atomic E-state index is 11.9. The minimum absolute atomic E-state index is 0.0476. The number of terminal acetylenes is 1. The zero-order chi connectivity index (χ0) is 17.7. The van der Waals surface area contributed by atoms with Crippen LogP contribution in [0.4, 0.5) is 0 Å². The standard InChI is InChI=1S/C16H14N4OS.C2H6/c1-3-12-4-5-14(22-12)11-6-10(8-18-9-11)13-7-15(21)20(2)16(17)19-13;1-2/h1,4-6,8-9,13H,7H2,2H3,(H2,17,19);1-2H3. The molecule has 2 aromatic heterocycles. The number of aromatic nitrogens is 1. The van der Waals surface area contributed by atoms with Gasteiger partial charge in [0.15, 0.2) is 5.96 Å². The van der Waals surface area contributed by atoms with E-state index in [-0.39, 0.29) is 17.9 Å². The average molecular weight is 340 g/mol. The summed E-state index contributed by atoms with van der Waals surface area (Å²) in [5.41, 5.74) is 7.62. The smallest absolute Gasteiger partial charge is 0.231 e. The van der Waals surface area contributed by atoms with Crippen LogP contribution in [0.2, 0.25) is 0 Å². The van der Waals surface area contributed by atoms with Crippen molar-refractivity contribution >= 4 is 23.2 Å². The fourth-order valence-corrected chi connectivity index (χ4v) is 3.06. The Hall–Kier alpha value is -2.65. The molecule has 1 unspecified atom stereocenters. The van der Waals surface area contributed by atoms with E-state index in [0.29, 0.717) is 6.42 Å². The van der Waals surface area contributed by atoms with E-state index < -0.39 is 0 Å². The zero-order valence-corrected chi connectivity index (χ0v) is 14.8. The molecule has 1 aliphatic rings. The molecular weight excluding hydrogens is 320 g/mol. The fourth-order valence-electron chi connectivity index (χ4n) is 2.26. The monoisotopic (exact) mass is 340 g/mol. The van der Waals surface area contributed by atoms with Gasteiger partial charge in [0.25, 0.3) is 0 Å². The van der Waals surface area contributed by atoms with Gasteiger partial charge in [0.2, 0.25) is 5.91 Å². The highest BCUT2D eigenvalue weighted by Crippen LogP contribution is 2.31. The van der Waals surface area contributed by atoms with Crippen LogP contribution in [0, 0.1) is 12.3 Å². The number of nitrogens with two attached hydrogens (primary N) is 1. The van der Waals surface area contributed by atoms with Gasteiger partial charge in [0.1, 0.15) is 0 Å². The van der Waals surface area contributed by atoms with Gasteiger partial charge in [-0.05, 0) is 23.8 Å². The molecule has 3 rings (SSSR count). The number of aliphatic imine (C=N–C) groups is 1. The van der Waals surface area contributed by atoms with E-state index in [1.165, 1.54) is 16.2 Å². The number of hydrogen-bond donors (Lipinski definition) is 1. The van der Waals surface area contributed by atoms with Crippen LogP contribution in [0.15, 0.2) is 35.6 Å². The van der Waals surface area contributed by atoms with Crippen molar-refractivity contribution in [1.82, 2.24) is 9.88 Å². The van der Waals surface area contributed by atoms with E-state index in [2.05, 4.69) is 15.9 Å². The van der Waals surface area contributed by atoms with Gasteiger partial charge in [0.05, 0.1) is 17.3 Å². The summed E-state index contributed by atoms with van der Waals surface area (Å²) in [6, 6.07) is 5.57. The Balaban J connectivity index is 0.00000100. The maximum atomic E-state index is 11.9. The molecule has 0 spiro atoms. The van der Waals surface area contributed by atoms with Crippen LogP contribution < -0.4 is 5.73 Å². The van der Waals surface area contributed by atoms with Crippen LogP contribution in [-0.2, 0) is 4.79 Å². The third-order valence-electron chi connectivity index (χ3n) is 3.55. The minimum atomic E-state index is -0.289. The molecule has 3 heterocycles. The van der Waals surface area contributed by atoms with Gasteiger partial charge in [-0.15, -0.1) is 17.8 Å². The van der Waals surface area contributed by atoms with Crippen molar-refractivity contribution in [3.63, 3.8) is 0 Å². The topological polar surface area (TPSA) is 71.6 Å². The van der Waals surface area contributed by atoms with Crippen molar-refractivity contribution in [2.24, 2.45) is 10.7 Å². The van der Waals surface area contributed by atoms with E-state index >= 15 is 0 Å². The Morgan fingerprint density at radius 2 is 2.12 bits per heavy atom. The van der Waals surface area contributed by atoms with E-state index in [1.54, 1.807) is 19.4 Å². The van der Waals surface area contributed by atoms with Gasteiger partial charge < -0.3 is 5.73 Å². The number of hydrogen-bond acceptors (Lipinski definition) is 5. The minimum Gasteiger partial charge on any atom is -0.369 e. The van der Waals surface area contributed by atoms with E-state index in [9.17, 15) is 4.79 Å². The molecular formula is C18H20N4OS. The van der Waals surface area contributed by atoms with Gasteiger partial charge in [-0.25, -0.2) is 4.99 Å². The third kappa shape index (κ3) is 3.63. The van der Waals surface area contributed by atoms with Gasteiger partial charge in [-0.1, -0.05) is 19.8 Å². The number of thiophene rings is 1. The maximum Gasteiger partial charge on any atom is 0.231 e. The number of pyridine rings is 1. The first-order valence-corrected chi connectivity index (χ1v) is 8.51. The van der Waals surface area contributed by atoms with Crippen LogP contribution >= 0.6 is 11.3 Å². The van der Waals surface area contributed by atoms with Gasteiger partial charge in [0, 0.05) is 29.9 Å². The number of carbonyl (C=O) groups is 1. The molecule has 124 valence electrons. The summed E-state index contributed by atoms with van der Waals surface area (Å²) >= 11 is 1.53. The van der Waals surface area contributed by atoms with E-state index in [0.717, 1.165) is 20.9 Å². The number of nitrogens with zero attached hydrogens (tertiary/aromatic N) is 3. The van der Waals surface area contributed by atoms with Gasteiger partial charge in [-0.2, -0.15) is 0 Å². The highest BCUT2D eigenvalue weighted by molar-refractivity contribution is 7.16. The molecule has 0 bridgehead atoms. The molecule has 6 heteroatoms. The summed E-state index contributed by atoms with van der Waals surface area (Å²) in [6.07, 6.45) is 9.20. The second-order valence-electron chi connectivity index (χ2n) is 4.98. The summed E-state index contributed by atoms with van der Waals surface area (Å²) in [5, 5.41) is 0. The number of carbonyl (C=O) groups excluding carboxylic acids is 1. The van der Waals surface area contributed by atoms with Crippen molar-refractivity contribution in [1.29, 1.82) is 0 Å². The largest absolute Gasteiger partial charge is 0.369 e. The summed E-state index contributed by atoms with van der Waals surface area (Å²) in [5.74, 6) is 2.81. The second kappa shape index (κ2) is 7.75. The summed E-state index contributed by atoms with van der Waals surface area (Å²) < 4.78 is 0. The van der Waals surface area contributed by atoms with Crippen molar-refractivity contribution < 1.29 is 4.79 Å². The quantitative estimate of drug-likeness (QED) is 0.854. The van der Waals surface area contributed by atoms with Crippen molar-refractivity contribution in [3.8, 4) is 22.8 Å². The highest BCUT2D eigenvalue weighted by atomic mass is 32.1. The molecule has 0 aliphatic carbocycles. The van der Waals surface area contributed by atoms with E-state index in [1.807, 2.05) is 32.0 Å². The molecule has 5 nitrogen and oxygen atoms in total. The first-order valence-electron chi connectivity index (χ1n) is 7.70. The summed E-state index contributed by atoms with van der Waals surface area (Å²) in [6.45, 7) is 4.00. The zero-order valence-electron chi connectivity index (χ0n) is 14.0. The first-order chi connectivity index (χ1) is 11.6. The van der Waals surface area contributed by atoms with Crippen molar-refractivity contribution in [2.45, 2.75) is 26.3 Å². The SMILES string of the molecule is C#Cc1ccc(-c2cncc(C3CC(=O)N(C)C(N)=N3)c2)s1.CC. The average Bonchev–Trinajstić information content (AvgIpc) is 3.10. The molecule has 1 atom stereocenters. The number of guanidine groups is 1. The lowest BCUT2D eigenvalue weighted by Gasteiger charge is -2.25. The van der Waals surface area contributed by atoms with E-state index in [4.69, 9.17) is 12.2 Å². The van der Waals surface area contributed by atoms with Gasteiger partial charge in [-0.3, -0.25) is 14.7 Å². The number of amides is 1. The van der Waals surface area contributed by atoms with Gasteiger partial charge >= 0.3 is 0 Å². The fraction of sp³-hybridized carbons (Fsp3) is 0.278. The predicted molar refractivity (Wildman–Crippen MR) is 98.6 cm³/mol.